The van der Waals surface area contributed by atoms with Gasteiger partial charge in [0, 0.05) is 18.7 Å². The minimum Gasteiger partial charge on any atom is -0.349 e. The van der Waals surface area contributed by atoms with Crippen LogP contribution in [0.15, 0.2) is 4.99 Å². The van der Waals surface area contributed by atoms with Crippen molar-refractivity contribution in [3.05, 3.63) is 0 Å². The molecule has 0 aromatic rings. The summed E-state index contributed by atoms with van der Waals surface area (Å²) in [4.78, 5) is 17.0. The summed E-state index contributed by atoms with van der Waals surface area (Å²) >= 11 is 1.41. The van der Waals surface area contributed by atoms with Crippen LogP contribution in [0, 0.1) is 0 Å². The summed E-state index contributed by atoms with van der Waals surface area (Å²) in [6.07, 6.45) is 0.380. The highest BCUT2D eigenvalue weighted by Crippen LogP contribution is 2.36. The zero-order chi connectivity index (χ0) is 11.9. The molecule has 0 aliphatic carbocycles. The van der Waals surface area contributed by atoms with Gasteiger partial charge >= 0.3 is 0 Å². The summed E-state index contributed by atoms with van der Waals surface area (Å²) in [7, 11) is -1.09. The van der Waals surface area contributed by atoms with Gasteiger partial charge in [-0.3, -0.25) is 4.79 Å². The van der Waals surface area contributed by atoms with Gasteiger partial charge in [0.15, 0.2) is 15.0 Å². The van der Waals surface area contributed by atoms with Crippen LogP contribution in [-0.2, 0) is 14.6 Å². The predicted molar refractivity (Wildman–Crippen MR) is 64.3 cm³/mol. The van der Waals surface area contributed by atoms with Crippen LogP contribution >= 0.6 is 11.8 Å². The van der Waals surface area contributed by atoms with Gasteiger partial charge in [-0.1, -0.05) is 18.7 Å². The first kappa shape index (κ1) is 11.9. The van der Waals surface area contributed by atoms with E-state index in [1.807, 2.05) is 4.90 Å². The van der Waals surface area contributed by atoms with Gasteiger partial charge in [-0.25, -0.2) is 8.42 Å². The molecule has 0 radical (unpaired) electrons. The zero-order valence-electron chi connectivity index (χ0n) is 9.21. The number of nitrogens with zero attached hydrogens (tertiary/aromatic N) is 2. The second kappa shape index (κ2) is 4.03. The molecule has 2 fully saturated rings. The second-order valence-corrected chi connectivity index (χ2v) is 7.41. The van der Waals surface area contributed by atoms with Gasteiger partial charge in [-0.05, 0) is 0 Å². The van der Waals surface area contributed by atoms with E-state index < -0.39 is 9.84 Å². The lowest BCUT2D eigenvalue weighted by Gasteiger charge is -2.17. The van der Waals surface area contributed by atoms with Crippen molar-refractivity contribution >= 4 is 32.7 Å². The van der Waals surface area contributed by atoms with Crippen molar-refractivity contribution in [3.8, 4) is 0 Å². The third-order valence-electron chi connectivity index (χ3n) is 2.85. The maximum Gasteiger partial charge on any atom is 0.247 e. The Morgan fingerprint density at radius 1 is 1.56 bits per heavy atom. The first-order valence-electron chi connectivity index (χ1n) is 5.14. The number of thioether (sulfide) groups is 1. The zero-order valence-corrected chi connectivity index (χ0v) is 10.8. The van der Waals surface area contributed by atoms with Crippen LogP contribution in [0.25, 0.3) is 0 Å². The Hall–Kier alpha value is -0.560. The van der Waals surface area contributed by atoms with Crippen LogP contribution in [0.2, 0.25) is 0 Å². The standard InChI is InChI=1S/C9H14N2O3S2/c1-3-8(12)10-9-11(2)6-4-16(13,14)5-7(6)15-9/h6-7H,3-5H2,1-2H3/t6-,7+/m1/s1. The molecule has 0 N–H and O–H groups in total. The maximum absolute atomic E-state index is 11.4. The summed E-state index contributed by atoms with van der Waals surface area (Å²) in [6, 6.07) is -0.0154. The third kappa shape index (κ3) is 2.10. The summed E-state index contributed by atoms with van der Waals surface area (Å²) in [5, 5.41) is 0.704. The molecule has 0 unspecified atom stereocenters. The largest absolute Gasteiger partial charge is 0.349 e. The lowest BCUT2D eigenvalue weighted by atomic mass is 10.2. The molecule has 2 atom stereocenters. The highest BCUT2D eigenvalue weighted by Gasteiger charge is 2.47. The first-order valence-corrected chi connectivity index (χ1v) is 7.84. The van der Waals surface area contributed by atoms with E-state index in [2.05, 4.69) is 4.99 Å². The van der Waals surface area contributed by atoms with Crippen molar-refractivity contribution in [2.45, 2.75) is 24.6 Å². The average Bonchev–Trinajstić information content (AvgIpc) is 2.63. The molecule has 0 aromatic carbocycles. The fourth-order valence-corrected chi connectivity index (χ4v) is 5.94. The molecule has 1 amide bonds. The van der Waals surface area contributed by atoms with Crippen molar-refractivity contribution in [1.29, 1.82) is 0 Å². The van der Waals surface area contributed by atoms with Crippen LogP contribution < -0.4 is 0 Å². The molecule has 16 heavy (non-hydrogen) atoms. The van der Waals surface area contributed by atoms with Crippen LogP contribution in [0.1, 0.15) is 13.3 Å². The van der Waals surface area contributed by atoms with Gasteiger partial charge in [-0.15, -0.1) is 0 Å². The van der Waals surface area contributed by atoms with Crippen molar-refractivity contribution in [2.24, 2.45) is 4.99 Å². The quantitative estimate of drug-likeness (QED) is 0.671. The molecule has 0 aromatic heterocycles. The van der Waals surface area contributed by atoms with E-state index >= 15 is 0 Å². The Bertz CT molecular complexity index is 444. The van der Waals surface area contributed by atoms with Gasteiger partial charge in [-0.2, -0.15) is 4.99 Å². The Balaban J connectivity index is 2.17. The van der Waals surface area contributed by atoms with E-state index in [-0.39, 0.29) is 28.7 Å². The lowest BCUT2D eigenvalue weighted by Crippen LogP contribution is -2.34. The second-order valence-electron chi connectivity index (χ2n) is 4.05. The third-order valence-corrected chi connectivity index (χ3v) is 6.15. The lowest BCUT2D eigenvalue weighted by molar-refractivity contribution is -0.117. The van der Waals surface area contributed by atoms with Crippen LogP contribution in [-0.4, -0.2) is 54.2 Å². The average molecular weight is 262 g/mol. The Morgan fingerprint density at radius 3 is 2.81 bits per heavy atom. The summed E-state index contributed by atoms with van der Waals surface area (Å²) in [6.45, 7) is 1.76. The van der Waals surface area contributed by atoms with Crippen LogP contribution in [0.4, 0.5) is 0 Å². The normalized spacial score (nSPS) is 34.4. The smallest absolute Gasteiger partial charge is 0.247 e. The molecule has 90 valence electrons. The molecule has 2 saturated heterocycles. The molecule has 2 rings (SSSR count). The van der Waals surface area contributed by atoms with Gasteiger partial charge in [0.2, 0.25) is 5.91 Å². The van der Waals surface area contributed by atoms with Crippen LogP contribution in [0.5, 0.6) is 0 Å². The monoisotopic (exact) mass is 262 g/mol. The topological polar surface area (TPSA) is 66.8 Å². The SMILES string of the molecule is CCC(=O)N=C1S[C@H]2CS(=O)(=O)C[C@H]2N1C. The molecular formula is C9H14N2O3S2. The molecule has 5 nitrogen and oxygen atoms in total. The molecular weight excluding hydrogens is 248 g/mol. The van der Waals surface area contributed by atoms with Gasteiger partial charge in [0.05, 0.1) is 17.5 Å². The fourth-order valence-electron chi connectivity index (χ4n) is 1.92. The van der Waals surface area contributed by atoms with Gasteiger partial charge in [0.1, 0.15) is 0 Å². The number of aliphatic imine (C=N–C) groups is 1. The highest BCUT2D eigenvalue weighted by atomic mass is 32.2. The number of sulfone groups is 1. The van der Waals surface area contributed by atoms with Gasteiger partial charge < -0.3 is 4.90 Å². The first-order chi connectivity index (χ1) is 7.43. The number of fused-ring (bicyclic) bond motifs is 1. The fraction of sp³-hybridized carbons (Fsp3) is 0.778. The van der Waals surface area contributed by atoms with Crippen molar-refractivity contribution in [3.63, 3.8) is 0 Å². The molecule has 0 spiro atoms. The van der Waals surface area contributed by atoms with E-state index in [4.69, 9.17) is 0 Å². The molecule has 0 bridgehead atoms. The molecule has 2 aliphatic heterocycles. The predicted octanol–water partition coefficient (Wildman–Crippen LogP) is 0.123. The minimum atomic E-state index is -2.90. The summed E-state index contributed by atoms with van der Waals surface area (Å²) in [5.41, 5.74) is 0. The highest BCUT2D eigenvalue weighted by molar-refractivity contribution is 8.15. The van der Waals surface area contributed by atoms with Crippen molar-refractivity contribution in [1.82, 2.24) is 4.90 Å². The number of hydrogen-bond donors (Lipinski definition) is 0. The van der Waals surface area contributed by atoms with E-state index in [0.29, 0.717) is 11.6 Å². The number of amides is 1. The summed E-state index contributed by atoms with van der Waals surface area (Å²) in [5.74, 6) is 0.226. The maximum atomic E-state index is 11.4. The molecule has 2 aliphatic rings. The van der Waals surface area contributed by atoms with Crippen LogP contribution in [0.3, 0.4) is 0 Å². The Kier molecular flexibility index (Phi) is 3.00. The van der Waals surface area contributed by atoms with Crippen molar-refractivity contribution < 1.29 is 13.2 Å². The number of carbonyl (C=O) groups is 1. The molecule has 2 heterocycles. The Labute approximate surface area is 99.2 Å². The number of amidine groups is 1. The summed E-state index contributed by atoms with van der Waals surface area (Å²) < 4.78 is 22.9. The Morgan fingerprint density at radius 2 is 2.25 bits per heavy atom. The minimum absolute atomic E-state index is 0.0154. The van der Waals surface area contributed by atoms with E-state index in [1.54, 1.807) is 14.0 Å². The molecule has 0 saturated carbocycles. The van der Waals surface area contributed by atoms with E-state index in [9.17, 15) is 13.2 Å². The number of carbonyl (C=O) groups excluding carboxylic acids is 1. The van der Waals surface area contributed by atoms with Gasteiger partial charge in [0.25, 0.3) is 0 Å². The number of hydrogen-bond acceptors (Lipinski definition) is 4. The van der Waals surface area contributed by atoms with E-state index in [1.165, 1.54) is 11.8 Å². The van der Waals surface area contributed by atoms with Crippen molar-refractivity contribution in [2.75, 3.05) is 18.6 Å². The number of rotatable bonds is 1. The van der Waals surface area contributed by atoms with E-state index in [0.717, 1.165) is 0 Å². The molecule has 7 heteroatoms.